The number of methoxy groups -OCH3 is 1. The number of nitrogens with two attached hydrogens (primary N) is 1. The molecular formula is C21H21N3O5. The number of nitrogens with one attached hydrogen (secondary N) is 1. The van der Waals surface area contributed by atoms with Gasteiger partial charge < -0.3 is 20.5 Å². The van der Waals surface area contributed by atoms with Gasteiger partial charge in [0.15, 0.2) is 18.1 Å². The van der Waals surface area contributed by atoms with E-state index in [0.717, 1.165) is 16.0 Å². The minimum absolute atomic E-state index is 0.163. The number of imide groups is 1. The number of rotatable bonds is 7. The van der Waals surface area contributed by atoms with Gasteiger partial charge in [-0.1, -0.05) is 35.9 Å². The van der Waals surface area contributed by atoms with Gasteiger partial charge in [0.1, 0.15) is 5.70 Å². The Balaban J connectivity index is 1.79. The maximum atomic E-state index is 12.7. The molecule has 150 valence electrons. The van der Waals surface area contributed by atoms with E-state index < -0.39 is 17.8 Å². The van der Waals surface area contributed by atoms with Crippen molar-refractivity contribution in [2.45, 2.75) is 13.5 Å². The Hall–Kier alpha value is -3.81. The first-order valence-electron chi connectivity index (χ1n) is 8.86. The number of urea groups is 1. The molecule has 29 heavy (non-hydrogen) atoms. The van der Waals surface area contributed by atoms with Crippen molar-refractivity contribution >= 4 is 23.9 Å². The Morgan fingerprint density at radius 3 is 2.66 bits per heavy atom. The van der Waals surface area contributed by atoms with E-state index in [4.69, 9.17) is 15.2 Å². The number of primary amides is 1. The maximum absolute atomic E-state index is 12.7. The zero-order chi connectivity index (χ0) is 21.0. The van der Waals surface area contributed by atoms with Crippen LogP contribution in [0.4, 0.5) is 4.79 Å². The van der Waals surface area contributed by atoms with Crippen molar-refractivity contribution in [3.8, 4) is 11.5 Å². The molecule has 1 fully saturated rings. The summed E-state index contributed by atoms with van der Waals surface area (Å²) in [6.45, 7) is 1.86. The Kier molecular flexibility index (Phi) is 5.82. The lowest BCUT2D eigenvalue weighted by Gasteiger charge is -2.12. The molecule has 2 aromatic rings. The van der Waals surface area contributed by atoms with E-state index in [0.29, 0.717) is 17.1 Å². The number of hydrogen-bond acceptors (Lipinski definition) is 5. The van der Waals surface area contributed by atoms with Crippen LogP contribution >= 0.6 is 0 Å². The van der Waals surface area contributed by atoms with E-state index in [1.165, 1.54) is 7.11 Å². The van der Waals surface area contributed by atoms with Gasteiger partial charge in [0.2, 0.25) is 0 Å². The zero-order valence-corrected chi connectivity index (χ0v) is 16.1. The highest BCUT2D eigenvalue weighted by Crippen LogP contribution is 2.29. The van der Waals surface area contributed by atoms with Crippen molar-refractivity contribution in [1.82, 2.24) is 10.2 Å². The number of hydrogen-bond donors (Lipinski definition) is 2. The fraction of sp³-hybridized carbons (Fsp3) is 0.190. The molecule has 3 N–H and O–H groups in total. The number of nitrogens with zero attached hydrogens (tertiary/aromatic N) is 1. The van der Waals surface area contributed by atoms with E-state index in [1.807, 2.05) is 31.2 Å². The molecule has 2 aromatic carbocycles. The van der Waals surface area contributed by atoms with E-state index in [-0.39, 0.29) is 18.8 Å². The molecule has 0 aliphatic carbocycles. The smallest absolute Gasteiger partial charge is 0.329 e. The predicted octanol–water partition coefficient (Wildman–Crippen LogP) is 1.96. The van der Waals surface area contributed by atoms with Crippen LogP contribution in [-0.2, 0) is 16.1 Å². The van der Waals surface area contributed by atoms with E-state index in [2.05, 4.69) is 5.32 Å². The summed E-state index contributed by atoms with van der Waals surface area (Å²) in [7, 11) is 1.45. The van der Waals surface area contributed by atoms with Crippen LogP contribution in [0.15, 0.2) is 48.2 Å². The first-order chi connectivity index (χ1) is 13.9. The summed E-state index contributed by atoms with van der Waals surface area (Å²) < 4.78 is 10.5. The molecular weight excluding hydrogens is 374 g/mol. The number of ether oxygens (including phenoxy) is 2. The van der Waals surface area contributed by atoms with Crippen molar-refractivity contribution in [2.75, 3.05) is 13.7 Å². The van der Waals surface area contributed by atoms with Crippen LogP contribution in [0.3, 0.4) is 0 Å². The molecule has 1 heterocycles. The number of carbonyl (C=O) groups is 3. The summed E-state index contributed by atoms with van der Waals surface area (Å²) in [6.07, 6.45) is 1.55. The Labute approximate surface area is 167 Å². The lowest BCUT2D eigenvalue weighted by Crippen LogP contribution is -2.30. The Bertz CT molecular complexity index is 1000. The summed E-state index contributed by atoms with van der Waals surface area (Å²) in [5.74, 6) is -0.305. The van der Waals surface area contributed by atoms with Crippen LogP contribution in [0.25, 0.3) is 6.08 Å². The zero-order valence-electron chi connectivity index (χ0n) is 16.1. The van der Waals surface area contributed by atoms with E-state index >= 15 is 0 Å². The number of aryl methyl sites for hydroxylation is 1. The van der Waals surface area contributed by atoms with Crippen LogP contribution in [0.1, 0.15) is 16.7 Å². The van der Waals surface area contributed by atoms with Crippen molar-refractivity contribution in [3.05, 3.63) is 64.9 Å². The molecule has 3 rings (SSSR count). The van der Waals surface area contributed by atoms with Crippen LogP contribution in [0, 0.1) is 6.92 Å². The van der Waals surface area contributed by atoms with Crippen LogP contribution in [0.2, 0.25) is 0 Å². The molecule has 8 nitrogen and oxygen atoms in total. The standard InChI is InChI=1S/C21H21N3O5/c1-13-4-3-5-15(8-13)11-24-20(26)16(23-21(24)27)9-14-6-7-17(18(10-14)28-2)29-12-19(22)25/h3-10H,11-12H2,1-2H3,(H2,22,25)(H,23,27)/b16-9+. The molecule has 1 saturated heterocycles. The molecule has 0 saturated carbocycles. The van der Waals surface area contributed by atoms with Crippen LogP contribution in [-0.4, -0.2) is 36.5 Å². The topological polar surface area (TPSA) is 111 Å². The third kappa shape index (κ3) is 4.73. The molecule has 0 aromatic heterocycles. The Morgan fingerprint density at radius 1 is 1.17 bits per heavy atom. The third-order valence-electron chi connectivity index (χ3n) is 4.25. The van der Waals surface area contributed by atoms with Gasteiger partial charge in [-0.25, -0.2) is 4.79 Å². The molecule has 0 radical (unpaired) electrons. The number of carbonyl (C=O) groups excluding carboxylic acids is 3. The largest absolute Gasteiger partial charge is 0.493 e. The van der Waals surface area contributed by atoms with Gasteiger partial charge in [-0.05, 0) is 36.3 Å². The second-order valence-corrected chi connectivity index (χ2v) is 6.53. The van der Waals surface area contributed by atoms with Crippen molar-refractivity contribution in [1.29, 1.82) is 0 Å². The van der Waals surface area contributed by atoms with Gasteiger partial charge in [0.25, 0.3) is 11.8 Å². The molecule has 0 atom stereocenters. The number of amides is 4. The van der Waals surface area contributed by atoms with Crippen molar-refractivity contribution < 1.29 is 23.9 Å². The van der Waals surface area contributed by atoms with E-state index in [1.54, 1.807) is 24.3 Å². The molecule has 4 amide bonds. The first kappa shape index (κ1) is 19.9. The summed E-state index contributed by atoms with van der Waals surface area (Å²) in [6, 6.07) is 12.1. The van der Waals surface area contributed by atoms with Crippen molar-refractivity contribution in [3.63, 3.8) is 0 Å². The second kappa shape index (κ2) is 8.47. The summed E-state index contributed by atoms with van der Waals surface area (Å²) in [5, 5.41) is 2.59. The minimum atomic E-state index is -0.605. The molecule has 1 aliphatic rings. The van der Waals surface area contributed by atoms with Gasteiger partial charge in [-0.15, -0.1) is 0 Å². The summed E-state index contributed by atoms with van der Waals surface area (Å²) >= 11 is 0. The average Bonchev–Trinajstić information content (AvgIpc) is 2.94. The maximum Gasteiger partial charge on any atom is 0.329 e. The second-order valence-electron chi connectivity index (χ2n) is 6.53. The monoisotopic (exact) mass is 395 g/mol. The molecule has 0 bridgehead atoms. The number of benzene rings is 2. The minimum Gasteiger partial charge on any atom is -0.493 e. The highest BCUT2D eigenvalue weighted by Gasteiger charge is 2.33. The Morgan fingerprint density at radius 2 is 1.97 bits per heavy atom. The molecule has 1 aliphatic heterocycles. The lowest BCUT2D eigenvalue weighted by molar-refractivity contribution is -0.123. The summed E-state index contributed by atoms with van der Waals surface area (Å²) in [4.78, 5) is 37.0. The normalized spacial score (nSPS) is 14.8. The fourth-order valence-corrected chi connectivity index (χ4v) is 2.92. The van der Waals surface area contributed by atoms with E-state index in [9.17, 15) is 14.4 Å². The van der Waals surface area contributed by atoms with Gasteiger partial charge in [0.05, 0.1) is 13.7 Å². The lowest BCUT2D eigenvalue weighted by atomic mass is 10.1. The highest BCUT2D eigenvalue weighted by atomic mass is 16.5. The fourth-order valence-electron chi connectivity index (χ4n) is 2.92. The van der Waals surface area contributed by atoms with Crippen LogP contribution in [0.5, 0.6) is 11.5 Å². The molecule has 0 unspecified atom stereocenters. The molecule has 0 spiro atoms. The van der Waals surface area contributed by atoms with Gasteiger partial charge in [-0.3, -0.25) is 14.5 Å². The van der Waals surface area contributed by atoms with Crippen LogP contribution < -0.4 is 20.5 Å². The van der Waals surface area contributed by atoms with Gasteiger partial charge in [0, 0.05) is 0 Å². The van der Waals surface area contributed by atoms with Crippen molar-refractivity contribution in [2.24, 2.45) is 5.73 Å². The molecule has 8 heteroatoms. The highest BCUT2D eigenvalue weighted by molar-refractivity contribution is 6.13. The SMILES string of the molecule is COc1cc(/C=C2/NC(=O)N(Cc3cccc(C)c3)C2=O)ccc1OCC(N)=O. The quantitative estimate of drug-likeness (QED) is 0.550. The van der Waals surface area contributed by atoms with Gasteiger partial charge >= 0.3 is 6.03 Å². The summed E-state index contributed by atoms with van der Waals surface area (Å²) in [5.41, 5.74) is 7.78. The average molecular weight is 395 g/mol. The third-order valence-corrected chi connectivity index (χ3v) is 4.25. The predicted molar refractivity (Wildman–Crippen MR) is 106 cm³/mol. The van der Waals surface area contributed by atoms with Gasteiger partial charge in [-0.2, -0.15) is 0 Å². The first-order valence-corrected chi connectivity index (χ1v) is 8.86.